The van der Waals surface area contributed by atoms with Crippen LogP contribution in [-0.4, -0.2) is 19.2 Å². The summed E-state index contributed by atoms with van der Waals surface area (Å²) in [6, 6.07) is 10.4. The van der Waals surface area contributed by atoms with E-state index in [9.17, 15) is 0 Å². The molecule has 0 saturated heterocycles. The van der Waals surface area contributed by atoms with Crippen molar-refractivity contribution in [1.29, 1.82) is 0 Å². The molecule has 0 heterocycles. The molecule has 0 aliphatic rings. The summed E-state index contributed by atoms with van der Waals surface area (Å²) < 4.78 is 5.91. The van der Waals surface area contributed by atoms with Gasteiger partial charge in [-0.25, -0.2) is 0 Å². The Morgan fingerprint density at radius 1 is 1.19 bits per heavy atom. The molecule has 0 aromatic heterocycles. The second-order valence-electron chi connectivity index (χ2n) is 4.01. The van der Waals surface area contributed by atoms with Crippen LogP contribution in [-0.2, 0) is 11.3 Å². The molecular formula is C14H23NO. The van der Waals surface area contributed by atoms with Gasteiger partial charge in [-0.1, -0.05) is 50.6 Å². The van der Waals surface area contributed by atoms with E-state index >= 15 is 0 Å². The molecule has 1 aromatic rings. The molecule has 2 nitrogen and oxygen atoms in total. The summed E-state index contributed by atoms with van der Waals surface area (Å²) in [4.78, 5) is 0. The van der Waals surface area contributed by atoms with Gasteiger partial charge in [0.15, 0.2) is 0 Å². The van der Waals surface area contributed by atoms with E-state index in [-0.39, 0.29) is 0 Å². The van der Waals surface area contributed by atoms with Crippen molar-refractivity contribution in [2.45, 2.75) is 39.4 Å². The van der Waals surface area contributed by atoms with Gasteiger partial charge in [-0.2, -0.15) is 0 Å². The van der Waals surface area contributed by atoms with E-state index in [0.29, 0.717) is 6.10 Å². The molecule has 0 bridgehead atoms. The van der Waals surface area contributed by atoms with Crippen LogP contribution in [0.25, 0.3) is 0 Å². The zero-order valence-electron chi connectivity index (χ0n) is 10.4. The lowest BCUT2D eigenvalue weighted by atomic mass is 10.2. The quantitative estimate of drug-likeness (QED) is 0.728. The molecule has 16 heavy (non-hydrogen) atoms. The van der Waals surface area contributed by atoms with Gasteiger partial charge in [0.1, 0.15) is 0 Å². The number of hydrogen-bond acceptors (Lipinski definition) is 2. The van der Waals surface area contributed by atoms with Crippen molar-refractivity contribution < 1.29 is 4.74 Å². The van der Waals surface area contributed by atoms with Crippen molar-refractivity contribution in [3.8, 4) is 0 Å². The van der Waals surface area contributed by atoms with E-state index in [1.807, 2.05) is 6.07 Å². The smallest absolute Gasteiger partial charge is 0.0721 e. The average molecular weight is 221 g/mol. The van der Waals surface area contributed by atoms with E-state index in [2.05, 4.69) is 43.4 Å². The van der Waals surface area contributed by atoms with Crippen molar-refractivity contribution in [2.75, 3.05) is 13.1 Å². The highest BCUT2D eigenvalue weighted by Crippen LogP contribution is 2.07. The molecule has 1 rings (SSSR count). The maximum absolute atomic E-state index is 5.91. The van der Waals surface area contributed by atoms with Gasteiger partial charge in [0.25, 0.3) is 0 Å². The van der Waals surface area contributed by atoms with Crippen molar-refractivity contribution in [3.05, 3.63) is 35.9 Å². The molecule has 0 amide bonds. The highest BCUT2D eigenvalue weighted by atomic mass is 16.5. The summed E-state index contributed by atoms with van der Waals surface area (Å²) in [7, 11) is 0. The number of benzene rings is 1. The Morgan fingerprint density at radius 3 is 2.56 bits per heavy atom. The number of ether oxygens (including phenoxy) is 1. The minimum atomic E-state index is 0.338. The fraction of sp³-hybridized carbons (Fsp3) is 0.571. The van der Waals surface area contributed by atoms with Gasteiger partial charge >= 0.3 is 0 Å². The van der Waals surface area contributed by atoms with Crippen LogP contribution in [0.4, 0.5) is 0 Å². The SMILES string of the molecule is CCCC(CNCC)OCc1ccccc1. The van der Waals surface area contributed by atoms with Crippen LogP contribution in [0.5, 0.6) is 0 Å². The Hall–Kier alpha value is -0.860. The second kappa shape index (κ2) is 8.31. The van der Waals surface area contributed by atoms with E-state index in [4.69, 9.17) is 4.74 Å². The predicted molar refractivity (Wildman–Crippen MR) is 68.5 cm³/mol. The number of rotatable bonds is 8. The topological polar surface area (TPSA) is 21.3 Å². The van der Waals surface area contributed by atoms with E-state index in [0.717, 1.165) is 26.1 Å². The number of nitrogens with one attached hydrogen (secondary N) is 1. The molecule has 1 atom stereocenters. The minimum absolute atomic E-state index is 0.338. The third-order valence-electron chi connectivity index (χ3n) is 2.56. The monoisotopic (exact) mass is 221 g/mol. The predicted octanol–water partition coefficient (Wildman–Crippen LogP) is 2.98. The first-order chi connectivity index (χ1) is 7.86. The van der Waals surface area contributed by atoms with Crippen LogP contribution in [0.2, 0.25) is 0 Å². The Labute approximate surface area is 99.0 Å². The van der Waals surface area contributed by atoms with Crippen LogP contribution in [0.15, 0.2) is 30.3 Å². The first-order valence-corrected chi connectivity index (χ1v) is 6.23. The second-order valence-corrected chi connectivity index (χ2v) is 4.01. The molecule has 0 saturated carbocycles. The van der Waals surface area contributed by atoms with Gasteiger partial charge in [-0.3, -0.25) is 0 Å². The highest BCUT2D eigenvalue weighted by molar-refractivity contribution is 5.13. The summed E-state index contributed by atoms with van der Waals surface area (Å²) in [6.07, 6.45) is 2.63. The van der Waals surface area contributed by atoms with Gasteiger partial charge < -0.3 is 10.1 Å². The number of hydrogen-bond donors (Lipinski definition) is 1. The molecule has 1 unspecified atom stereocenters. The fourth-order valence-corrected chi connectivity index (χ4v) is 1.66. The molecule has 0 aliphatic heterocycles. The van der Waals surface area contributed by atoms with Crippen molar-refractivity contribution in [2.24, 2.45) is 0 Å². The lowest BCUT2D eigenvalue weighted by molar-refractivity contribution is 0.0351. The first-order valence-electron chi connectivity index (χ1n) is 6.23. The molecule has 1 aromatic carbocycles. The van der Waals surface area contributed by atoms with Crippen molar-refractivity contribution in [3.63, 3.8) is 0 Å². The fourth-order valence-electron chi connectivity index (χ4n) is 1.66. The van der Waals surface area contributed by atoms with E-state index in [1.165, 1.54) is 12.0 Å². The maximum atomic E-state index is 5.91. The van der Waals surface area contributed by atoms with E-state index < -0.39 is 0 Å². The Bertz CT molecular complexity index is 261. The molecule has 0 radical (unpaired) electrons. The normalized spacial score (nSPS) is 12.6. The van der Waals surface area contributed by atoms with Crippen LogP contribution < -0.4 is 5.32 Å². The van der Waals surface area contributed by atoms with Gasteiger partial charge in [-0.05, 0) is 18.5 Å². The highest BCUT2D eigenvalue weighted by Gasteiger charge is 2.07. The summed E-state index contributed by atoms with van der Waals surface area (Å²) in [5.74, 6) is 0. The Kier molecular flexibility index (Phi) is 6.86. The average Bonchev–Trinajstić information content (AvgIpc) is 2.34. The third-order valence-corrected chi connectivity index (χ3v) is 2.56. The number of likely N-dealkylation sites (N-methyl/N-ethyl adjacent to an activating group) is 1. The third kappa shape index (κ3) is 5.29. The molecular weight excluding hydrogens is 198 g/mol. The Balaban J connectivity index is 2.31. The summed E-state index contributed by atoms with van der Waals surface area (Å²) in [5.41, 5.74) is 1.25. The molecule has 2 heteroatoms. The summed E-state index contributed by atoms with van der Waals surface area (Å²) in [5, 5.41) is 3.34. The minimum Gasteiger partial charge on any atom is -0.372 e. The van der Waals surface area contributed by atoms with Crippen LogP contribution in [0, 0.1) is 0 Å². The lowest BCUT2D eigenvalue weighted by Gasteiger charge is -2.17. The molecule has 0 spiro atoms. The molecule has 0 fully saturated rings. The van der Waals surface area contributed by atoms with Crippen LogP contribution in [0.1, 0.15) is 32.3 Å². The van der Waals surface area contributed by atoms with Gasteiger partial charge in [0.2, 0.25) is 0 Å². The zero-order valence-corrected chi connectivity index (χ0v) is 10.4. The summed E-state index contributed by atoms with van der Waals surface area (Å²) >= 11 is 0. The van der Waals surface area contributed by atoms with Gasteiger partial charge in [0, 0.05) is 6.54 Å². The van der Waals surface area contributed by atoms with Gasteiger partial charge in [-0.15, -0.1) is 0 Å². The van der Waals surface area contributed by atoms with Crippen molar-refractivity contribution >= 4 is 0 Å². The lowest BCUT2D eigenvalue weighted by Crippen LogP contribution is -2.28. The van der Waals surface area contributed by atoms with Crippen LogP contribution in [0.3, 0.4) is 0 Å². The standard InChI is InChI=1S/C14H23NO/c1-3-8-14(11-15-4-2)16-12-13-9-6-5-7-10-13/h5-7,9-10,14-15H,3-4,8,11-12H2,1-2H3. The van der Waals surface area contributed by atoms with Gasteiger partial charge in [0.05, 0.1) is 12.7 Å². The molecule has 90 valence electrons. The molecule has 1 N–H and O–H groups in total. The van der Waals surface area contributed by atoms with E-state index in [1.54, 1.807) is 0 Å². The largest absolute Gasteiger partial charge is 0.372 e. The Morgan fingerprint density at radius 2 is 1.94 bits per heavy atom. The zero-order chi connectivity index (χ0) is 11.6. The van der Waals surface area contributed by atoms with Crippen LogP contribution >= 0.6 is 0 Å². The van der Waals surface area contributed by atoms with Crippen molar-refractivity contribution in [1.82, 2.24) is 5.32 Å². The maximum Gasteiger partial charge on any atom is 0.0721 e. The molecule has 0 aliphatic carbocycles. The summed E-state index contributed by atoms with van der Waals surface area (Å²) in [6.45, 7) is 7.01. The first kappa shape index (κ1) is 13.2.